The zero-order valence-corrected chi connectivity index (χ0v) is 30.5. The van der Waals surface area contributed by atoms with E-state index in [1.807, 2.05) is 17.0 Å². The average molecular weight is 729 g/mol. The number of fused-ring (bicyclic) bond motifs is 1. The molecule has 0 saturated carbocycles. The number of aryl methyl sites for hydroxylation is 1. The third kappa shape index (κ3) is 6.30. The molecule has 0 aliphatic carbocycles. The Morgan fingerprint density at radius 1 is 1.12 bits per heavy atom. The minimum absolute atomic E-state index is 0.0544. The number of sulfonamides is 1. The molecule has 2 amide bonds. The van der Waals surface area contributed by atoms with Gasteiger partial charge < -0.3 is 19.3 Å². The molecule has 0 unspecified atom stereocenters. The van der Waals surface area contributed by atoms with Crippen LogP contribution in [0.25, 0.3) is 0 Å². The number of ether oxygens (including phenoxy) is 2. The largest absolute Gasteiger partial charge is 0.487 e. The normalized spacial score (nSPS) is 31.0. The van der Waals surface area contributed by atoms with Gasteiger partial charge in [-0.1, -0.05) is 24.6 Å². The molecule has 1 spiro atoms. The van der Waals surface area contributed by atoms with Crippen molar-refractivity contribution >= 4 is 39.1 Å². The Morgan fingerprint density at radius 2 is 1.94 bits per heavy atom. The first-order valence-electron chi connectivity index (χ1n) is 17.8. The molecule has 2 saturated heterocycles. The predicted molar refractivity (Wildman–Crippen MR) is 190 cm³/mol. The zero-order chi connectivity index (χ0) is 35.4. The smallest absolute Gasteiger partial charge is 0.264 e. The molecule has 13 heteroatoms. The highest BCUT2D eigenvalue weighted by molar-refractivity contribution is 7.90. The van der Waals surface area contributed by atoms with Crippen molar-refractivity contribution in [3.05, 3.63) is 69.5 Å². The molecule has 2 aromatic carbocycles. The van der Waals surface area contributed by atoms with Gasteiger partial charge in [-0.05, 0) is 105 Å². The summed E-state index contributed by atoms with van der Waals surface area (Å²) < 4.78 is 58.5. The van der Waals surface area contributed by atoms with E-state index in [0.29, 0.717) is 68.4 Å². The SMILES string of the molecule is CO[C@@H]1CCN(C(=O)[C@H]2/C(F)=C/C[C@H](C)[C@@H](C)S(=O)(=O)NC(=O)c3ccc4c(c3)N3CCCCc5cc(Cl)cc(c5CO4)[C@]4(CCCN24)C3)C1. The van der Waals surface area contributed by atoms with Crippen LogP contribution in [0.1, 0.15) is 79.4 Å². The number of amides is 2. The van der Waals surface area contributed by atoms with Crippen molar-refractivity contribution in [3.63, 3.8) is 0 Å². The zero-order valence-electron chi connectivity index (χ0n) is 28.9. The first-order chi connectivity index (χ1) is 23.9. The number of allylic oxidation sites excluding steroid dienone is 1. The molecule has 5 atom stereocenters. The number of halogens is 2. The highest BCUT2D eigenvalue weighted by Gasteiger charge is 2.53. The maximum atomic E-state index is 17.2. The van der Waals surface area contributed by atoms with Crippen LogP contribution in [0.3, 0.4) is 0 Å². The van der Waals surface area contributed by atoms with E-state index in [2.05, 4.69) is 9.62 Å². The van der Waals surface area contributed by atoms with Gasteiger partial charge in [-0.3, -0.25) is 14.5 Å². The lowest BCUT2D eigenvalue weighted by molar-refractivity contribution is -0.137. The van der Waals surface area contributed by atoms with Crippen LogP contribution in [0.2, 0.25) is 5.02 Å². The second kappa shape index (κ2) is 13.7. The van der Waals surface area contributed by atoms with E-state index in [0.717, 1.165) is 36.0 Å². The van der Waals surface area contributed by atoms with Gasteiger partial charge in [0.2, 0.25) is 15.9 Å². The van der Waals surface area contributed by atoms with E-state index in [9.17, 15) is 18.0 Å². The van der Waals surface area contributed by atoms with Crippen molar-refractivity contribution in [3.8, 4) is 5.75 Å². The average Bonchev–Trinajstić information content (AvgIpc) is 3.75. The summed E-state index contributed by atoms with van der Waals surface area (Å²) in [6, 6.07) is 7.75. The monoisotopic (exact) mass is 728 g/mol. The number of methoxy groups -OCH3 is 1. The third-order valence-electron chi connectivity index (χ3n) is 11.7. The Hall–Kier alpha value is -3.19. The maximum absolute atomic E-state index is 17.2. The van der Waals surface area contributed by atoms with E-state index in [-0.39, 0.29) is 30.6 Å². The number of nitrogens with one attached hydrogen (secondary N) is 1. The first-order valence-corrected chi connectivity index (χ1v) is 19.7. The summed E-state index contributed by atoms with van der Waals surface area (Å²) in [5.74, 6) is -1.67. The molecule has 5 aliphatic heterocycles. The van der Waals surface area contributed by atoms with Gasteiger partial charge in [0.15, 0.2) is 0 Å². The lowest BCUT2D eigenvalue weighted by atomic mass is 9.79. The molecule has 2 aromatic rings. The Kier molecular flexibility index (Phi) is 9.68. The molecule has 1 N–H and O–H groups in total. The Balaban J connectivity index is 1.48. The van der Waals surface area contributed by atoms with Gasteiger partial charge in [-0.2, -0.15) is 0 Å². The minimum Gasteiger partial charge on any atom is -0.487 e. The number of hydrogen-bond donors (Lipinski definition) is 1. The molecule has 270 valence electrons. The lowest BCUT2D eigenvalue weighted by Gasteiger charge is -2.47. The van der Waals surface area contributed by atoms with Gasteiger partial charge in [-0.15, -0.1) is 0 Å². The van der Waals surface area contributed by atoms with Crippen molar-refractivity contribution in [2.75, 3.05) is 44.7 Å². The van der Waals surface area contributed by atoms with Crippen LogP contribution in [0.15, 0.2) is 42.2 Å². The van der Waals surface area contributed by atoms with Crippen LogP contribution < -0.4 is 14.4 Å². The number of hydrogen-bond acceptors (Lipinski definition) is 8. The Morgan fingerprint density at radius 3 is 2.72 bits per heavy atom. The van der Waals surface area contributed by atoms with Gasteiger partial charge in [0.25, 0.3) is 5.91 Å². The highest BCUT2D eigenvalue weighted by atomic mass is 35.5. The van der Waals surface area contributed by atoms with Gasteiger partial charge in [0.05, 0.1) is 22.6 Å². The second-order valence-electron chi connectivity index (χ2n) is 14.6. The molecule has 50 heavy (non-hydrogen) atoms. The van der Waals surface area contributed by atoms with E-state index in [4.69, 9.17) is 21.1 Å². The van der Waals surface area contributed by atoms with E-state index in [1.165, 1.54) is 13.0 Å². The van der Waals surface area contributed by atoms with Crippen LogP contribution >= 0.6 is 11.6 Å². The minimum atomic E-state index is -4.13. The number of likely N-dealkylation sites (tertiary alicyclic amines) is 1. The number of benzene rings is 2. The topological polar surface area (TPSA) is 108 Å². The van der Waals surface area contributed by atoms with Gasteiger partial charge >= 0.3 is 0 Å². The number of nitrogens with zero attached hydrogens (tertiary/aromatic N) is 3. The number of carbonyl (C=O) groups excluding carboxylic acids is 2. The van der Waals surface area contributed by atoms with Crippen LogP contribution in [0.4, 0.5) is 10.1 Å². The molecule has 0 aromatic heterocycles. The van der Waals surface area contributed by atoms with Crippen molar-refractivity contribution in [1.29, 1.82) is 0 Å². The highest BCUT2D eigenvalue weighted by Crippen LogP contribution is 2.49. The molecular weight excluding hydrogens is 683 g/mol. The van der Waals surface area contributed by atoms with E-state index in [1.54, 1.807) is 37.1 Å². The fourth-order valence-corrected chi connectivity index (χ4v) is 10.1. The van der Waals surface area contributed by atoms with Crippen molar-refractivity contribution in [2.24, 2.45) is 5.92 Å². The fourth-order valence-electron chi connectivity index (χ4n) is 8.60. The molecule has 10 nitrogen and oxygen atoms in total. The number of anilines is 1. The lowest BCUT2D eigenvalue weighted by Crippen LogP contribution is -2.58. The summed E-state index contributed by atoms with van der Waals surface area (Å²) in [6.07, 6.45) is 5.81. The van der Waals surface area contributed by atoms with Crippen molar-refractivity contribution in [1.82, 2.24) is 14.5 Å². The molecule has 5 heterocycles. The molecule has 0 radical (unpaired) electrons. The number of rotatable bonds is 2. The molecule has 7 bridgehead atoms. The van der Waals surface area contributed by atoms with Gasteiger partial charge in [-0.25, -0.2) is 17.5 Å². The van der Waals surface area contributed by atoms with Crippen LogP contribution in [0, 0.1) is 5.92 Å². The molecule has 5 aliphatic rings. The van der Waals surface area contributed by atoms with Gasteiger partial charge in [0, 0.05) is 50.4 Å². The summed E-state index contributed by atoms with van der Waals surface area (Å²) in [6.45, 7) is 5.72. The fraction of sp³-hybridized carbons (Fsp3) is 0.568. The molecule has 7 rings (SSSR count). The van der Waals surface area contributed by atoms with E-state index >= 15 is 4.39 Å². The maximum Gasteiger partial charge on any atom is 0.264 e. The first kappa shape index (κ1) is 35.2. The summed E-state index contributed by atoms with van der Waals surface area (Å²) in [7, 11) is -2.50. The summed E-state index contributed by atoms with van der Waals surface area (Å²) in [5, 5.41) is -0.434. The van der Waals surface area contributed by atoms with Crippen LogP contribution in [-0.2, 0) is 38.1 Å². The molecule has 2 fully saturated rings. The van der Waals surface area contributed by atoms with Crippen molar-refractivity contribution < 1.29 is 31.9 Å². The number of carbonyl (C=O) groups is 2. The summed E-state index contributed by atoms with van der Waals surface area (Å²) >= 11 is 6.90. The second-order valence-corrected chi connectivity index (χ2v) is 17.1. The summed E-state index contributed by atoms with van der Waals surface area (Å²) in [5.41, 5.74) is 3.00. The van der Waals surface area contributed by atoms with Crippen molar-refractivity contribution in [2.45, 2.75) is 88.3 Å². The van der Waals surface area contributed by atoms with Gasteiger partial charge in [0.1, 0.15) is 24.2 Å². The summed E-state index contributed by atoms with van der Waals surface area (Å²) in [4.78, 5) is 34.2. The van der Waals surface area contributed by atoms with Crippen LogP contribution in [-0.4, -0.2) is 87.3 Å². The van der Waals surface area contributed by atoms with Crippen LogP contribution in [0.5, 0.6) is 5.75 Å². The standard InChI is InChI=1S/C37H46ClFN4O6S/c1-23-8-10-31(39)34(36(45)41-16-12-28(20-41)48-3)43-15-6-13-37(43)22-42-14-5-4-7-25-17-27(38)19-30(37)29(25)21-49-33-11-9-26(18-32(33)42)35(44)40-50(46,47)24(23)2/h9-11,17-19,23-24,28,34H,4-8,12-16,20-22H2,1-3H3,(H,40,44)/b31-10-/t23-,24+,28+,34+,37-/m0/s1. The predicted octanol–water partition coefficient (Wildman–Crippen LogP) is 5.32. The Labute approximate surface area is 299 Å². The Bertz CT molecular complexity index is 1820. The third-order valence-corrected chi connectivity index (χ3v) is 13.8. The van der Waals surface area contributed by atoms with E-state index < -0.39 is 44.5 Å². The quantitative estimate of drug-likeness (QED) is 0.443. The molecular formula is C37H46ClFN4O6S.